The van der Waals surface area contributed by atoms with Gasteiger partial charge < -0.3 is 20.1 Å². The normalized spacial score (nSPS) is 15.8. The summed E-state index contributed by atoms with van der Waals surface area (Å²) in [6.45, 7) is 2.23. The third-order valence-electron chi connectivity index (χ3n) is 3.43. The molecule has 1 aromatic heterocycles. The van der Waals surface area contributed by atoms with E-state index in [-0.39, 0.29) is 17.4 Å². The van der Waals surface area contributed by atoms with E-state index in [0.717, 1.165) is 6.42 Å². The largest absolute Gasteiger partial charge is 0.586 e. The van der Waals surface area contributed by atoms with Crippen LogP contribution in [0.1, 0.15) is 11.8 Å². The summed E-state index contributed by atoms with van der Waals surface area (Å²) in [5.74, 6) is -0.261. The van der Waals surface area contributed by atoms with E-state index in [1.54, 1.807) is 24.3 Å². The second-order valence-corrected chi connectivity index (χ2v) is 6.35. The van der Waals surface area contributed by atoms with E-state index in [1.807, 2.05) is 17.5 Å². The molecule has 0 spiro atoms. The second-order valence-electron chi connectivity index (χ2n) is 5.32. The van der Waals surface area contributed by atoms with E-state index in [0.29, 0.717) is 12.2 Å². The standard InChI is InChI=1S/C16H16F2N2O3S/c1-10(15(21)19-7-6-12-3-2-8-24-12)20-11-4-5-13-14(9-11)23-16(17,18)22-13/h2-5,8-10,20H,6-7H2,1H3,(H,19,21). The predicted octanol–water partition coefficient (Wildman–Crippen LogP) is 3.23. The minimum atomic E-state index is -3.65. The molecule has 1 amide bonds. The summed E-state index contributed by atoms with van der Waals surface area (Å²) in [5.41, 5.74) is 0.496. The van der Waals surface area contributed by atoms with Gasteiger partial charge in [-0.1, -0.05) is 6.07 Å². The molecule has 128 valence electrons. The fraction of sp³-hybridized carbons (Fsp3) is 0.312. The maximum absolute atomic E-state index is 13.0. The third-order valence-corrected chi connectivity index (χ3v) is 4.36. The van der Waals surface area contributed by atoms with Crippen LogP contribution >= 0.6 is 11.3 Å². The average molecular weight is 354 g/mol. The summed E-state index contributed by atoms with van der Waals surface area (Å²) in [4.78, 5) is 13.3. The fourth-order valence-electron chi connectivity index (χ4n) is 2.27. The molecule has 8 heteroatoms. The Morgan fingerprint density at radius 2 is 2.08 bits per heavy atom. The van der Waals surface area contributed by atoms with Crippen LogP contribution in [-0.4, -0.2) is 24.8 Å². The van der Waals surface area contributed by atoms with Crippen molar-refractivity contribution in [1.82, 2.24) is 5.32 Å². The summed E-state index contributed by atoms with van der Waals surface area (Å²) in [6, 6.07) is 7.77. The summed E-state index contributed by atoms with van der Waals surface area (Å²) in [6.07, 6.45) is -2.87. The van der Waals surface area contributed by atoms with Gasteiger partial charge in [-0.3, -0.25) is 4.79 Å². The van der Waals surface area contributed by atoms with Crippen LogP contribution < -0.4 is 20.1 Å². The maximum Gasteiger partial charge on any atom is 0.586 e. The number of hydrogen-bond donors (Lipinski definition) is 2. The number of halogens is 2. The quantitative estimate of drug-likeness (QED) is 0.836. The van der Waals surface area contributed by atoms with Gasteiger partial charge in [0.2, 0.25) is 5.91 Å². The van der Waals surface area contributed by atoms with Crippen LogP contribution in [0.4, 0.5) is 14.5 Å². The maximum atomic E-state index is 13.0. The number of carbonyl (C=O) groups excluding carboxylic acids is 1. The van der Waals surface area contributed by atoms with Gasteiger partial charge in [-0.15, -0.1) is 20.1 Å². The second kappa shape index (κ2) is 6.64. The van der Waals surface area contributed by atoms with Crippen LogP contribution in [0.2, 0.25) is 0 Å². The van der Waals surface area contributed by atoms with E-state index in [4.69, 9.17) is 0 Å². The molecular formula is C16H16F2N2O3S. The zero-order chi connectivity index (χ0) is 17.2. The smallest absolute Gasteiger partial charge is 0.395 e. The number of thiophene rings is 1. The Balaban J connectivity index is 1.51. The molecule has 2 aromatic rings. The Kier molecular flexibility index (Phi) is 4.57. The lowest BCUT2D eigenvalue weighted by atomic mass is 10.2. The minimum absolute atomic E-state index is 0.0291. The molecule has 1 atom stereocenters. The van der Waals surface area contributed by atoms with E-state index in [1.165, 1.54) is 17.0 Å². The van der Waals surface area contributed by atoms with Crippen LogP contribution in [0.3, 0.4) is 0 Å². The molecular weight excluding hydrogens is 338 g/mol. The number of ether oxygens (including phenoxy) is 2. The number of nitrogens with one attached hydrogen (secondary N) is 2. The van der Waals surface area contributed by atoms with Crippen LogP contribution in [0.5, 0.6) is 11.5 Å². The molecule has 5 nitrogen and oxygen atoms in total. The molecule has 0 saturated heterocycles. The lowest BCUT2D eigenvalue weighted by molar-refractivity contribution is -0.286. The first-order chi connectivity index (χ1) is 11.4. The zero-order valence-electron chi connectivity index (χ0n) is 12.8. The summed E-state index contributed by atoms with van der Waals surface area (Å²) in [7, 11) is 0. The van der Waals surface area contributed by atoms with E-state index >= 15 is 0 Å². The summed E-state index contributed by atoms with van der Waals surface area (Å²) < 4.78 is 34.7. The highest BCUT2D eigenvalue weighted by Crippen LogP contribution is 2.42. The number of rotatable bonds is 6. The number of carbonyl (C=O) groups is 1. The van der Waals surface area contributed by atoms with Gasteiger partial charge in [0, 0.05) is 23.2 Å². The van der Waals surface area contributed by atoms with Gasteiger partial charge in [-0.05, 0) is 36.9 Å². The van der Waals surface area contributed by atoms with Gasteiger partial charge in [-0.25, -0.2) is 0 Å². The number of amides is 1. The average Bonchev–Trinajstić information content (AvgIpc) is 3.12. The molecule has 0 bridgehead atoms. The highest BCUT2D eigenvalue weighted by Gasteiger charge is 2.43. The van der Waals surface area contributed by atoms with Gasteiger partial charge in [0.15, 0.2) is 11.5 Å². The van der Waals surface area contributed by atoms with Gasteiger partial charge in [0.1, 0.15) is 6.04 Å². The molecule has 2 N–H and O–H groups in total. The predicted molar refractivity (Wildman–Crippen MR) is 86.8 cm³/mol. The molecule has 3 rings (SSSR count). The number of fused-ring (bicyclic) bond motifs is 1. The molecule has 24 heavy (non-hydrogen) atoms. The Bertz CT molecular complexity index is 722. The minimum Gasteiger partial charge on any atom is -0.395 e. The van der Waals surface area contributed by atoms with Crippen LogP contribution in [0, 0.1) is 0 Å². The Hall–Kier alpha value is -2.35. The van der Waals surface area contributed by atoms with Crippen molar-refractivity contribution in [2.75, 3.05) is 11.9 Å². The van der Waals surface area contributed by atoms with Crippen molar-refractivity contribution < 1.29 is 23.0 Å². The Labute approximate surface area is 141 Å². The molecule has 1 aliphatic heterocycles. The van der Waals surface area contributed by atoms with Gasteiger partial charge in [0.05, 0.1) is 0 Å². The van der Waals surface area contributed by atoms with Crippen LogP contribution in [0.25, 0.3) is 0 Å². The van der Waals surface area contributed by atoms with Gasteiger partial charge in [0.25, 0.3) is 0 Å². The van der Waals surface area contributed by atoms with Crippen molar-refractivity contribution >= 4 is 22.9 Å². The van der Waals surface area contributed by atoms with Crippen molar-refractivity contribution in [3.8, 4) is 11.5 Å². The molecule has 0 fully saturated rings. The number of anilines is 1. The van der Waals surface area contributed by atoms with Crippen LogP contribution in [0.15, 0.2) is 35.7 Å². The lowest BCUT2D eigenvalue weighted by Gasteiger charge is -2.15. The first-order valence-electron chi connectivity index (χ1n) is 7.39. The molecule has 1 aromatic carbocycles. The topological polar surface area (TPSA) is 59.6 Å². The molecule has 0 saturated carbocycles. The van der Waals surface area contributed by atoms with Gasteiger partial charge >= 0.3 is 6.29 Å². The molecule has 0 radical (unpaired) electrons. The van der Waals surface area contributed by atoms with E-state index in [9.17, 15) is 13.6 Å². The monoisotopic (exact) mass is 354 g/mol. The van der Waals surface area contributed by atoms with Crippen LogP contribution in [-0.2, 0) is 11.2 Å². The first kappa shape index (κ1) is 16.5. The zero-order valence-corrected chi connectivity index (χ0v) is 13.7. The van der Waals surface area contributed by atoms with Gasteiger partial charge in [-0.2, -0.15) is 0 Å². The number of hydrogen-bond acceptors (Lipinski definition) is 5. The van der Waals surface area contributed by atoms with E-state index in [2.05, 4.69) is 20.1 Å². The lowest BCUT2D eigenvalue weighted by Crippen LogP contribution is -2.38. The SMILES string of the molecule is CC(Nc1ccc2c(c1)OC(F)(F)O2)C(=O)NCCc1cccs1. The third kappa shape index (κ3) is 3.94. The first-order valence-corrected chi connectivity index (χ1v) is 8.27. The highest BCUT2D eigenvalue weighted by molar-refractivity contribution is 7.09. The van der Waals surface area contributed by atoms with Crippen molar-refractivity contribution in [3.63, 3.8) is 0 Å². The van der Waals surface area contributed by atoms with E-state index < -0.39 is 12.3 Å². The van der Waals surface area contributed by atoms with Crippen molar-refractivity contribution in [2.24, 2.45) is 0 Å². The summed E-state index contributed by atoms with van der Waals surface area (Å²) >= 11 is 1.64. The summed E-state index contributed by atoms with van der Waals surface area (Å²) in [5, 5.41) is 7.78. The fourth-order valence-corrected chi connectivity index (χ4v) is 2.98. The Morgan fingerprint density at radius 1 is 1.29 bits per heavy atom. The van der Waals surface area contributed by atoms with Crippen molar-refractivity contribution in [1.29, 1.82) is 0 Å². The molecule has 2 heterocycles. The molecule has 1 unspecified atom stereocenters. The van der Waals surface area contributed by atoms with Crippen molar-refractivity contribution in [3.05, 3.63) is 40.6 Å². The number of alkyl halides is 2. The number of benzene rings is 1. The Morgan fingerprint density at radius 3 is 2.83 bits per heavy atom. The molecule has 1 aliphatic rings. The van der Waals surface area contributed by atoms with Crippen molar-refractivity contribution in [2.45, 2.75) is 25.7 Å². The highest BCUT2D eigenvalue weighted by atomic mass is 32.1. The molecule has 0 aliphatic carbocycles.